The second kappa shape index (κ2) is 5.42. The average molecular weight is 461 g/mol. The Morgan fingerprint density at radius 2 is 2.00 bits per heavy atom. The molecular weight excluding hydrogens is 444 g/mol. The minimum absolute atomic E-state index is 0.00842. The van der Waals surface area contributed by atoms with E-state index in [1.807, 2.05) is 9.86 Å². The van der Waals surface area contributed by atoms with Crippen LogP contribution in [0.15, 0.2) is 0 Å². The molecule has 0 aliphatic carbocycles. The molecule has 6 nitrogen and oxygen atoms in total. The molecule has 2 amide bonds. The van der Waals surface area contributed by atoms with Crippen LogP contribution in [0.5, 0.6) is 0 Å². The first-order valence-electron chi connectivity index (χ1n) is 4.33. The molecule has 0 bridgehead atoms. The molecule has 0 radical (unpaired) electrons. The third-order valence-corrected chi connectivity index (χ3v) is 4.67. The number of imide groups is 1. The normalized spacial score (nSPS) is 23.9. The van der Waals surface area contributed by atoms with Crippen molar-refractivity contribution in [3.63, 3.8) is 0 Å². The van der Waals surface area contributed by atoms with Gasteiger partial charge in [-0.3, -0.25) is 0 Å². The number of carbonyl (C=O) groups excluding carboxylic acids is 2. The van der Waals surface area contributed by atoms with Gasteiger partial charge in [0, 0.05) is 0 Å². The molecule has 1 rings (SSSR count). The molecule has 1 fully saturated rings. The fraction of sp³-hybridized carbons (Fsp3) is 0.750. The van der Waals surface area contributed by atoms with Gasteiger partial charge >= 0.3 is 108 Å². The molecule has 98 valence electrons. The Labute approximate surface area is 107 Å². The Balaban J connectivity index is 2.67. The molecule has 1 atom stereocenters. The molecule has 2 N–H and O–H groups in total. The van der Waals surface area contributed by atoms with E-state index in [4.69, 9.17) is 9.67 Å². The van der Waals surface area contributed by atoms with Crippen LogP contribution in [0, 0.1) is 0 Å². The standard InChI is InChI=1S/C8H17I2NO5/c1-9(2)16-11-7(12)5-6(8(11)13)15-10(3,4)14/h6H,5,14H2,1-4H3. The molecule has 1 aliphatic heterocycles. The maximum absolute atomic E-state index is 11.8. The van der Waals surface area contributed by atoms with Crippen molar-refractivity contribution in [3.8, 4) is 0 Å². The van der Waals surface area contributed by atoms with Crippen molar-refractivity contribution in [2.24, 2.45) is 0 Å². The van der Waals surface area contributed by atoms with Crippen molar-refractivity contribution in [2.45, 2.75) is 12.5 Å². The van der Waals surface area contributed by atoms with Crippen LogP contribution in [-0.4, -0.2) is 46.1 Å². The number of hydrogen-bond donors (Lipinski definition) is 0. The number of hydrogen-bond acceptors (Lipinski definition) is 4. The molecule has 0 saturated carbocycles. The summed E-state index contributed by atoms with van der Waals surface area (Å²) in [5.41, 5.74) is 0. The van der Waals surface area contributed by atoms with E-state index in [1.54, 1.807) is 9.86 Å². The summed E-state index contributed by atoms with van der Waals surface area (Å²) in [6.07, 6.45) is -0.790. The van der Waals surface area contributed by atoms with E-state index in [0.29, 0.717) is 0 Å². The third-order valence-electron chi connectivity index (χ3n) is 1.60. The monoisotopic (exact) mass is 461 g/mol. The van der Waals surface area contributed by atoms with Crippen LogP contribution in [0.2, 0.25) is 0 Å². The molecule has 0 spiro atoms. The minimum atomic E-state index is -2.96. The zero-order valence-electron chi connectivity index (χ0n) is 9.62. The van der Waals surface area contributed by atoms with Gasteiger partial charge in [0.15, 0.2) is 0 Å². The summed E-state index contributed by atoms with van der Waals surface area (Å²) in [4.78, 5) is 30.4. The molecule has 0 aromatic carbocycles. The average Bonchev–Trinajstić information content (AvgIpc) is 2.29. The van der Waals surface area contributed by atoms with Gasteiger partial charge in [0.1, 0.15) is 0 Å². The van der Waals surface area contributed by atoms with Crippen molar-refractivity contribution in [2.75, 3.05) is 19.7 Å². The van der Waals surface area contributed by atoms with Crippen molar-refractivity contribution in [1.29, 1.82) is 0 Å². The fourth-order valence-corrected chi connectivity index (χ4v) is 4.26. The quantitative estimate of drug-likeness (QED) is 0.191. The summed E-state index contributed by atoms with van der Waals surface area (Å²) in [6.45, 7) is 0. The predicted molar refractivity (Wildman–Crippen MR) is 63.8 cm³/mol. The van der Waals surface area contributed by atoms with Crippen LogP contribution >= 0.6 is 20.2 Å². The zero-order valence-corrected chi connectivity index (χ0v) is 13.9. The molecule has 8 heteroatoms. The first-order valence-corrected chi connectivity index (χ1v) is 15.8. The van der Waals surface area contributed by atoms with Gasteiger partial charge in [-0.2, -0.15) is 0 Å². The second-order valence-electron chi connectivity index (χ2n) is 3.71. The van der Waals surface area contributed by atoms with Gasteiger partial charge in [-0.15, -0.1) is 0 Å². The Kier molecular flexibility index (Phi) is 4.92. The van der Waals surface area contributed by atoms with Crippen molar-refractivity contribution >= 4 is 32.0 Å². The summed E-state index contributed by atoms with van der Waals surface area (Å²) in [7, 11) is 0. The van der Waals surface area contributed by atoms with Gasteiger partial charge in [-0.25, -0.2) is 0 Å². The number of rotatable bonds is 4. The van der Waals surface area contributed by atoms with Crippen LogP contribution < -0.4 is 19.3 Å². The van der Waals surface area contributed by atoms with Crippen molar-refractivity contribution in [1.82, 2.24) is 5.06 Å². The van der Waals surface area contributed by atoms with Crippen LogP contribution in [0.1, 0.15) is 6.42 Å². The molecule has 1 aliphatic rings. The number of nitrogens with zero attached hydrogens (tertiary/aromatic N) is 1. The molecule has 0 aromatic rings. The summed E-state index contributed by atoms with van der Waals surface area (Å²) in [5.74, 6) is -0.800. The van der Waals surface area contributed by atoms with Gasteiger partial charge in [0.2, 0.25) is 0 Å². The van der Waals surface area contributed by atoms with Gasteiger partial charge in [-0.1, -0.05) is 0 Å². The van der Waals surface area contributed by atoms with Gasteiger partial charge in [-0.05, 0) is 0 Å². The van der Waals surface area contributed by atoms with Gasteiger partial charge < -0.3 is 0 Å². The number of halogens is 2. The van der Waals surface area contributed by atoms with Crippen LogP contribution in [0.4, 0.5) is 0 Å². The first kappa shape index (κ1) is 14.5. The Bertz CT molecular complexity index is 301. The van der Waals surface area contributed by atoms with E-state index >= 15 is 0 Å². The Morgan fingerprint density at radius 3 is 2.44 bits per heavy atom. The van der Waals surface area contributed by atoms with Crippen LogP contribution in [-0.2, 0) is 15.8 Å². The van der Waals surface area contributed by atoms with Crippen molar-refractivity contribution in [3.05, 3.63) is 0 Å². The number of amides is 2. The van der Waals surface area contributed by atoms with E-state index in [-0.39, 0.29) is 12.3 Å². The topological polar surface area (TPSA) is 78.7 Å². The SMILES string of the molecule is CI(C)ON1C(=O)CC(O[I-](C)(C)[OH2+])C1=O. The van der Waals surface area contributed by atoms with Crippen molar-refractivity contribution < 1.29 is 38.5 Å². The number of alkyl halides is 4. The molecule has 16 heavy (non-hydrogen) atoms. The summed E-state index contributed by atoms with van der Waals surface area (Å²) in [5, 5.41) is 0.836. The predicted octanol–water partition coefficient (Wildman–Crippen LogP) is -3.28. The third kappa shape index (κ3) is 4.05. The zero-order chi connectivity index (χ0) is 12.5. The molecule has 0 aromatic heterocycles. The van der Waals surface area contributed by atoms with E-state index in [9.17, 15) is 9.59 Å². The van der Waals surface area contributed by atoms with E-state index in [0.717, 1.165) is 5.06 Å². The second-order valence-corrected chi connectivity index (χ2v) is 15.0. The van der Waals surface area contributed by atoms with Gasteiger partial charge in [0.25, 0.3) is 0 Å². The molecular formula is C8H17I2NO5. The Morgan fingerprint density at radius 1 is 1.44 bits per heavy atom. The van der Waals surface area contributed by atoms with Crippen LogP contribution in [0.3, 0.4) is 0 Å². The summed E-state index contributed by atoms with van der Waals surface area (Å²) >= 11 is -4.60. The van der Waals surface area contributed by atoms with E-state index in [2.05, 4.69) is 0 Å². The van der Waals surface area contributed by atoms with E-state index in [1.165, 1.54) is 0 Å². The molecule has 1 unspecified atom stereocenters. The van der Waals surface area contributed by atoms with Crippen LogP contribution in [0.25, 0.3) is 0 Å². The number of carbonyl (C=O) groups is 2. The molecule has 1 saturated heterocycles. The first-order chi connectivity index (χ1) is 7.20. The Hall–Kier alpha value is 0.480. The van der Waals surface area contributed by atoms with Gasteiger partial charge in [0.05, 0.1) is 0 Å². The summed E-state index contributed by atoms with van der Waals surface area (Å²) in [6, 6.07) is 0. The van der Waals surface area contributed by atoms with E-state index < -0.39 is 51.5 Å². The fourth-order valence-electron chi connectivity index (χ4n) is 1.13. The summed E-state index contributed by atoms with van der Waals surface area (Å²) < 4.78 is 18.3. The number of hydroxylamine groups is 2. The molecule has 1 heterocycles. The maximum atomic E-state index is 11.8.